The van der Waals surface area contributed by atoms with E-state index in [0.717, 1.165) is 10.2 Å². The SMILES string of the molecule is COc1ccc(O)cc1Br. The summed E-state index contributed by atoms with van der Waals surface area (Å²) < 4.78 is 5.70. The second-order valence-corrected chi connectivity index (χ2v) is 2.67. The lowest BCUT2D eigenvalue weighted by Gasteiger charge is -2.01. The molecule has 2 nitrogen and oxygen atoms in total. The fourth-order valence-corrected chi connectivity index (χ4v) is 1.18. The van der Waals surface area contributed by atoms with Crippen molar-refractivity contribution in [3.63, 3.8) is 0 Å². The van der Waals surface area contributed by atoms with Crippen LogP contribution in [0.15, 0.2) is 22.7 Å². The Morgan fingerprint density at radius 1 is 1.50 bits per heavy atom. The molecule has 0 aliphatic carbocycles. The first-order valence-corrected chi connectivity index (χ1v) is 3.56. The Labute approximate surface area is 67.6 Å². The van der Waals surface area contributed by atoms with E-state index >= 15 is 0 Å². The van der Waals surface area contributed by atoms with Gasteiger partial charge in [-0.05, 0) is 34.1 Å². The number of ether oxygens (including phenoxy) is 1. The van der Waals surface area contributed by atoms with E-state index in [1.807, 2.05) is 0 Å². The molecule has 0 saturated carbocycles. The summed E-state index contributed by atoms with van der Waals surface area (Å²) in [5.74, 6) is 0.950. The lowest BCUT2D eigenvalue weighted by molar-refractivity contribution is 0.409. The van der Waals surface area contributed by atoms with Gasteiger partial charge in [-0.15, -0.1) is 0 Å². The van der Waals surface area contributed by atoms with Crippen LogP contribution in [0.2, 0.25) is 0 Å². The molecule has 54 valence electrons. The van der Waals surface area contributed by atoms with Crippen LogP contribution in [0.1, 0.15) is 0 Å². The van der Waals surface area contributed by atoms with Gasteiger partial charge >= 0.3 is 0 Å². The molecule has 0 aliphatic heterocycles. The zero-order valence-electron chi connectivity index (χ0n) is 5.47. The summed E-state index contributed by atoms with van der Waals surface area (Å²) >= 11 is 3.22. The van der Waals surface area contributed by atoms with Gasteiger partial charge in [-0.1, -0.05) is 0 Å². The van der Waals surface area contributed by atoms with Crippen molar-refractivity contribution in [2.75, 3.05) is 7.11 Å². The fourth-order valence-electron chi connectivity index (χ4n) is 0.655. The standard InChI is InChI=1S/C7H7BrO2/c1-10-7-3-2-5(9)4-6(7)8/h2-4,9H,1H3. The average Bonchev–Trinajstić information content (AvgIpc) is 1.88. The van der Waals surface area contributed by atoms with Gasteiger partial charge < -0.3 is 9.84 Å². The van der Waals surface area contributed by atoms with Crippen LogP contribution < -0.4 is 4.74 Å². The number of hydrogen-bond donors (Lipinski definition) is 1. The van der Waals surface area contributed by atoms with E-state index < -0.39 is 0 Å². The number of hydrogen-bond acceptors (Lipinski definition) is 2. The van der Waals surface area contributed by atoms with Gasteiger partial charge in [0.1, 0.15) is 11.5 Å². The molecule has 0 atom stereocenters. The lowest BCUT2D eigenvalue weighted by atomic mass is 10.3. The van der Waals surface area contributed by atoms with Crippen LogP contribution in [0.4, 0.5) is 0 Å². The molecule has 0 aromatic heterocycles. The molecule has 0 bridgehead atoms. The van der Waals surface area contributed by atoms with Crippen LogP contribution in [-0.2, 0) is 0 Å². The summed E-state index contributed by atoms with van der Waals surface area (Å²) in [4.78, 5) is 0. The Balaban J connectivity index is 3.07. The van der Waals surface area contributed by atoms with Gasteiger partial charge in [0.15, 0.2) is 0 Å². The summed E-state index contributed by atoms with van der Waals surface area (Å²) in [6, 6.07) is 4.85. The number of rotatable bonds is 1. The Morgan fingerprint density at radius 2 is 2.20 bits per heavy atom. The minimum Gasteiger partial charge on any atom is -0.508 e. The second-order valence-electron chi connectivity index (χ2n) is 1.82. The van der Waals surface area contributed by atoms with E-state index in [0.29, 0.717) is 0 Å². The molecule has 0 amide bonds. The summed E-state index contributed by atoms with van der Waals surface area (Å²) in [6.45, 7) is 0. The van der Waals surface area contributed by atoms with Gasteiger partial charge in [0.05, 0.1) is 11.6 Å². The quantitative estimate of drug-likeness (QED) is 0.757. The van der Waals surface area contributed by atoms with Crippen molar-refractivity contribution in [1.82, 2.24) is 0 Å². The van der Waals surface area contributed by atoms with E-state index in [1.165, 1.54) is 0 Å². The number of aromatic hydroxyl groups is 1. The van der Waals surface area contributed by atoms with Crippen molar-refractivity contribution in [3.05, 3.63) is 22.7 Å². The summed E-state index contributed by atoms with van der Waals surface area (Å²) in [5, 5.41) is 8.95. The van der Waals surface area contributed by atoms with E-state index in [4.69, 9.17) is 9.84 Å². The number of phenols is 1. The second kappa shape index (κ2) is 2.92. The van der Waals surface area contributed by atoms with Crippen molar-refractivity contribution in [2.45, 2.75) is 0 Å². The Kier molecular flexibility index (Phi) is 2.17. The van der Waals surface area contributed by atoms with E-state index in [1.54, 1.807) is 25.3 Å². The van der Waals surface area contributed by atoms with E-state index in [2.05, 4.69) is 15.9 Å². The monoisotopic (exact) mass is 202 g/mol. The summed E-state index contributed by atoms with van der Waals surface area (Å²) in [5.41, 5.74) is 0. The third-order valence-electron chi connectivity index (χ3n) is 1.14. The summed E-state index contributed by atoms with van der Waals surface area (Å²) in [6.07, 6.45) is 0. The molecule has 1 aromatic rings. The maximum absolute atomic E-state index is 8.95. The van der Waals surface area contributed by atoms with Crippen LogP contribution in [0.5, 0.6) is 11.5 Å². The van der Waals surface area contributed by atoms with Crippen molar-refractivity contribution in [1.29, 1.82) is 0 Å². The highest BCUT2D eigenvalue weighted by Crippen LogP contribution is 2.27. The molecule has 0 saturated heterocycles. The zero-order chi connectivity index (χ0) is 7.56. The van der Waals surface area contributed by atoms with Gasteiger partial charge in [-0.3, -0.25) is 0 Å². The van der Waals surface area contributed by atoms with Gasteiger partial charge in [0.25, 0.3) is 0 Å². The maximum atomic E-state index is 8.95. The molecule has 1 N–H and O–H groups in total. The Hall–Kier alpha value is -0.700. The fraction of sp³-hybridized carbons (Fsp3) is 0.143. The third kappa shape index (κ3) is 1.42. The number of halogens is 1. The predicted octanol–water partition coefficient (Wildman–Crippen LogP) is 2.16. The van der Waals surface area contributed by atoms with Crippen LogP contribution >= 0.6 is 15.9 Å². The van der Waals surface area contributed by atoms with Crippen LogP contribution in [-0.4, -0.2) is 12.2 Å². The van der Waals surface area contributed by atoms with Crippen molar-refractivity contribution >= 4 is 15.9 Å². The van der Waals surface area contributed by atoms with Crippen LogP contribution in [0.25, 0.3) is 0 Å². The van der Waals surface area contributed by atoms with Gasteiger partial charge in [0, 0.05) is 0 Å². The molecule has 1 rings (SSSR count). The van der Waals surface area contributed by atoms with Crippen LogP contribution in [0, 0.1) is 0 Å². The van der Waals surface area contributed by atoms with E-state index in [9.17, 15) is 0 Å². The van der Waals surface area contributed by atoms with Gasteiger partial charge in [-0.2, -0.15) is 0 Å². The Morgan fingerprint density at radius 3 is 2.70 bits per heavy atom. The molecule has 0 aliphatic rings. The highest BCUT2D eigenvalue weighted by molar-refractivity contribution is 9.10. The third-order valence-corrected chi connectivity index (χ3v) is 1.76. The zero-order valence-corrected chi connectivity index (χ0v) is 7.05. The molecule has 3 heteroatoms. The number of benzene rings is 1. The lowest BCUT2D eigenvalue weighted by Crippen LogP contribution is -1.82. The minimum atomic E-state index is 0.229. The molecular formula is C7H7BrO2. The smallest absolute Gasteiger partial charge is 0.133 e. The first-order valence-electron chi connectivity index (χ1n) is 2.76. The molecular weight excluding hydrogens is 196 g/mol. The number of methoxy groups -OCH3 is 1. The highest BCUT2D eigenvalue weighted by Gasteiger charge is 1.98. The number of phenolic OH excluding ortho intramolecular Hbond substituents is 1. The summed E-state index contributed by atoms with van der Waals surface area (Å²) in [7, 11) is 1.58. The van der Waals surface area contributed by atoms with Crippen molar-refractivity contribution in [2.24, 2.45) is 0 Å². The normalized spacial score (nSPS) is 9.40. The van der Waals surface area contributed by atoms with Crippen LogP contribution in [0.3, 0.4) is 0 Å². The molecule has 0 spiro atoms. The van der Waals surface area contributed by atoms with E-state index in [-0.39, 0.29) is 5.75 Å². The largest absolute Gasteiger partial charge is 0.508 e. The first-order chi connectivity index (χ1) is 4.74. The predicted molar refractivity (Wildman–Crippen MR) is 42.4 cm³/mol. The van der Waals surface area contributed by atoms with Crippen molar-refractivity contribution in [3.8, 4) is 11.5 Å². The molecule has 0 fully saturated rings. The molecule has 1 aromatic carbocycles. The first kappa shape index (κ1) is 7.41. The van der Waals surface area contributed by atoms with Gasteiger partial charge in [0.2, 0.25) is 0 Å². The topological polar surface area (TPSA) is 29.5 Å². The molecule has 0 heterocycles. The molecule has 0 radical (unpaired) electrons. The maximum Gasteiger partial charge on any atom is 0.133 e. The average molecular weight is 203 g/mol. The minimum absolute atomic E-state index is 0.229. The molecule has 10 heavy (non-hydrogen) atoms. The molecule has 0 unspecified atom stereocenters. The van der Waals surface area contributed by atoms with Crippen molar-refractivity contribution < 1.29 is 9.84 Å². The van der Waals surface area contributed by atoms with Gasteiger partial charge in [-0.25, -0.2) is 0 Å². The highest BCUT2D eigenvalue weighted by atomic mass is 79.9. The Bertz CT molecular complexity index is 235.